The average molecular weight is 445 g/mol. The van der Waals surface area contributed by atoms with Gasteiger partial charge < -0.3 is 24.5 Å². The molecule has 4 aromatic rings. The van der Waals surface area contributed by atoms with Crippen molar-refractivity contribution in [2.75, 3.05) is 20.8 Å². The maximum absolute atomic E-state index is 12.9. The molecular formula is C27H28N2O4. The highest BCUT2D eigenvalue weighted by atomic mass is 16.5. The molecule has 2 N–H and O–H groups in total. The Morgan fingerprint density at radius 1 is 0.879 bits per heavy atom. The lowest BCUT2D eigenvalue weighted by atomic mass is 9.90. The first-order chi connectivity index (χ1) is 16.1. The number of carbonyl (C=O) groups is 1. The van der Waals surface area contributed by atoms with Crippen LogP contribution in [0, 0.1) is 0 Å². The number of methoxy groups -OCH3 is 2. The van der Waals surface area contributed by atoms with E-state index in [1.165, 1.54) is 0 Å². The van der Waals surface area contributed by atoms with Gasteiger partial charge in [0.2, 0.25) is 0 Å². The molecule has 2 atom stereocenters. The van der Waals surface area contributed by atoms with Gasteiger partial charge in [-0.15, -0.1) is 0 Å². The third-order valence-electron chi connectivity index (χ3n) is 5.74. The molecule has 0 bridgehead atoms. The minimum absolute atomic E-state index is 0.0378. The summed E-state index contributed by atoms with van der Waals surface area (Å²) in [5.41, 5.74) is 3.28. The zero-order valence-electron chi connectivity index (χ0n) is 19.0. The number of rotatable bonds is 9. The van der Waals surface area contributed by atoms with Crippen LogP contribution in [0.4, 0.5) is 0 Å². The Morgan fingerprint density at radius 3 is 2.15 bits per heavy atom. The topological polar surface area (TPSA) is 72.6 Å². The number of aromatic amines is 1. The fourth-order valence-corrected chi connectivity index (χ4v) is 3.88. The van der Waals surface area contributed by atoms with Crippen molar-refractivity contribution in [3.63, 3.8) is 0 Å². The number of nitrogens with one attached hydrogen (secondary N) is 2. The summed E-state index contributed by atoms with van der Waals surface area (Å²) in [6.07, 6.45) is 1.38. The highest BCUT2D eigenvalue weighted by Crippen LogP contribution is 2.31. The van der Waals surface area contributed by atoms with E-state index in [0.29, 0.717) is 12.3 Å². The summed E-state index contributed by atoms with van der Waals surface area (Å²) >= 11 is 0. The van der Waals surface area contributed by atoms with Gasteiger partial charge in [0.25, 0.3) is 5.91 Å². The van der Waals surface area contributed by atoms with Crippen LogP contribution in [0.2, 0.25) is 0 Å². The lowest BCUT2D eigenvalue weighted by Crippen LogP contribution is -2.38. The van der Waals surface area contributed by atoms with Crippen LogP contribution in [0.25, 0.3) is 10.9 Å². The van der Waals surface area contributed by atoms with Crippen LogP contribution >= 0.6 is 0 Å². The number of para-hydroxylation sites is 1. The monoisotopic (exact) mass is 444 g/mol. The van der Waals surface area contributed by atoms with E-state index in [2.05, 4.69) is 16.4 Å². The summed E-state index contributed by atoms with van der Waals surface area (Å²) in [4.78, 5) is 16.2. The number of benzene rings is 3. The third kappa shape index (κ3) is 5.12. The van der Waals surface area contributed by atoms with Gasteiger partial charge in [-0.2, -0.15) is 0 Å². The molecule has 0 saturated carbocycles. The van der Waals surface area contributed by atoms with Crippen LogP contribution in [-0.4, -0.2) is 37.8 Å². The Morgan fingerprint density at radius 2 is 1.48 bits per heavy atom. The van der Waals surface area contributed by atoms with Gasteiger partial charge in [-0.3, -0.25) is 4.79 Å². The van der Waals surface area contributed by atoms with Gasteiger partial charge >= 0.3 is 0 Å². The molecule has 0 aliphatic rings. The van der Waals surface area contributed by atoms with Gasteiger partial charge in [0.15, 0.2) is 6.10 Å². The zero-order valence-corrected chi connectivity index (χ0v) is 19.0. The maximum atomic E-state index is 12.9. The summed E-state index contributed by atoms with van der Waals surface area (Å²) in [7, 11) is 3.26. The lowest BCUT2D eigenvalue weighted by molar-refractivity contribution is -0.127. The number of H-pyrrole nitrogens is 1. The average Bonchev–Trinajstić information content (AvgIpc) is 3.29. The van der Waals surface area contributed by atoms with E-state index in [1.807, 2.05) is 48.7 Å². The molecule has 1 heterocycles. The number of hydrogen-bond acceptors (Lipinski definition) is 4. The first-order valence-corrected chi connectivity index (χ1v) is 10.9. The Kier molecular flexibility index (Phi) is 6.83. The molecule has 6 nitrogen and oxygen atoms in total. The van der Waals surface area contributed by atoms with Crippen LogP contribution in [0.15, 0.2) is 79.0 Å². The summed E-state index contributed by atoms with van der Waals surface area (Å²) in [5.74, 6) is 1.93. The quantitative estimate of drug-likeness (QED) is 0.385. The molecule has 33 heavy (non-hydrogen) atoms. The first-order valence-electron chi connectivity index (χ1n) is 10.9. The van der Waals surface area contributed by atoms with Crippen LogP contribution in [0.5, 0.6) is 17.2 Å². The van der Waals surface area contributed by atoms with E-state index in [1.54, 1.807) is 45.4 Å². The Hall–Kier alpha value is -3.93. The van der Waals surface area contributed by atoms with Gasteiger partial charge in [-0.05, 0) is 60.5 Å². The van der Waals surface area contributed by atoms with Crippen molar-refractivity contribution in [3.05, 3.63) is 90.1 Å². The number of aromatic nitrogens is 1. The van der Waals surface area contributed by atoms with Crippen molar-refractivity contribution in [3.8, 4) is 17.2 Å². The van der Waals surface area contributed by atoms with E-state index >= 15 is 0 Å². The molecule has 0 aliphatic carbocycles. The minimum atomic E-state index is -0.641. The largest absolute Gasteiger partial charge is 0.497 e. The van der Waals surface area contributed by atoms with E-state index in [4.69, 9.17) is 14.2 Å². The number of amides is 1. The highest BCUT2D eigenvalue weighted by molar-refractivity contribution is 5.85. The van der Waals surface area contributed by atoms with Crippen LogP contribution in [0.3, 0.4) is 0 Å². The molecule has 0 spiro atoms. The molecule has 4 rings (SSSR count). The fourth-order valence-electron chi connectivity index (χ4n) is 3.88. The van der Waals surface area contributed by atoms with E-state index in [-0.39, 0.29) is 11.8 Å². The normalized spacial score (nSPS) is 12.7. The first kappa shape index (κ1) is 22.3. The fraction of sp³-hybridized carbons (Fsp3) is 0.222. The van der Waals surface area contributed by atoms with Crippen LogP contribution in [0.1, 0.15) is 24.0 Å². The molecule has 0 saturated heterocycles. The van der Waals surface area contributed by atoms with Crippen molar-refractivity contribution in [1.82, 2.24) is 10.3 Å². The van der Waals surface area contributed by atoms with Crippen molar-refractivity contribution in [2.45, 2.75) is 18.9 Å². The Bertz CT molecular complexity index is 1200. The number of carbonyl (C=O) groups excluding carboxylic acids is 1. The predicted octanol–water partition coefficient (Wildman–Crippen LogP) is 4.90. The van der Waals surface area contributed by atoms with Gasteiger partial charge in [-0.25, -0.2) is 0 Å². The van der Waals surface area contributed by atoms with Gasteiger partial charge in [0, 0.05) is 29.6 Å². The van der Waals surface area contributed by atoms with E-state index < -0.39 is 6.10 Å². The Labute approximate surface area is 193 Å². The highest BCUT2D eigenvalue weighted by Gasteiger charge is 2.21. The molecule has 0 fully saturated rings. The molecule has 170 valence electrons. The molecule has 1 amide bonds. The van der Waals surface area contributed by atoms with Gasteiger partial charge in [-0.1, -0.05) is 30.3 Å². The summed E-state index contributed by atoms with van der Waals surface area (Å²) < 4.78 is 16.3. The summed E-state index contributed by atoms with van der Waals surface area (Å²) in [6, 6.07) is 23.3. The molecular weight excluding hydrogens is 416 g/mol. The predicted molar refractivity (Wildman–Crippen MR) is 129 cm³/mol. The molecule has 1 aromatic heterocycles. The molecule has 0 aliphatic heterocycles. The number of hydrogen-bond donors (Lipinski definition) is 2. The lowest BCUT2D eigenvalue weighted by Gasteiger charge is -2.20. The minimum Gasteiger partial charge on any atom is -0.497 e. The van der Waals surface area contributed by atoms with Crippen molar-refractivity contribution >= 4 is 16.8 Å². The molecule has 3 aromatic carbocycles. The van der Waals surface area contributed by atoms with E-state index in [0.717, 1.165) is 33.5 Å². The van der Waals surface area contributed by atoms with Crippen LogP contribution in [-0.2, 0) is 4.79 Å². The van der Waals surface area contributed by atoms with Crippen molar-refractivity contribution in [1.29, 1.82) is 0 Å². The van der Waals surface area contributed by atoms with Crippen LogP contribution < -0.4 is 19.5 Å². The SMILES string of the molecule is COc1ccc(OC(C)C(=O)NCC(c2ccc(OC)cc2)c2c[nH]c3ccccc23)cc1. The zero-order chi connectivity index (χ0) is 23.2. The molecule has 0 radical (unpaired) electrons. The maximum Gasteiger partial charge on any atom is 0.260 e. The number of fused-ring (bicyclic) bond motifs is 1. The second kappa shape index (κ2) is 10.1. The molecule has 2 unspecified atom stereocenters. The van der Waals surface area contributed by atoms with Gasteiger partial charge in [0.05, 0.1) is 14.2 Å². The molecule has 6 heteroatoms. The van der Waals surface area contributed by atoms with Crippen molar-refractivity contribution in [2.24, 2.45) is 0 Å². The summed E-state index contributed by atoms with van der Waals surface area (Å²) in [6.45, 7) is 2.18. The van der Waals surface area contributed by atoms with Crippen molar-refractivity contribution < 1.29 is 19.0 Å². The second-order valence-electron chi connectivity index (χ2n) is 7.80. The standard InChI is InChI=1S/C27H28N2O4/c1-18(33-22-14-12-21(32-3)13-15-22)27(30)29-16-24(19-8-10-20(31-2)11-9-19)25-17-28-26-7-5-4-6-23(25)26/h4-15,17-18,24,28H,16H2,1-3H3,(H,29,30). The number of ether oxygens (including phenoxy) is 3. The Balaban J connectivity index is 1.51. The smallest absolute Gasteiger partial charge is 0.260 e. The van der Waals surface area contributed by atoms with E-state index in [9.17, 15) is 4.79 Å². The van der Waals surface area contributed by atoms with Gasteiger partial charge in [0.1, 0.15) is 17.2 Å². The summed E-state index contributed by atoms with van der Waals surface area (Å²) in [5, 5.41) is 4.21. The second-order valence-corrected chi connectivity index (χ2v) is 7.80. The third-order valence-corrected chi connectivity index (χ3v) is 5.74.